The van der Waals surface area contributed by atoms with Crippen molar-refractivity contribution in [2.75, 3.05) is 5.73 Å². The fourth-order valence-electron chi connectivity index (χ4n) is 1.85. The van der Waals surface area contributed by atoms with Gasteiger partial charge in [-0.1, -0.05) is 30.3 Å². The molecule has 0 radical (unpaired) electrons. The average Bonchev–Trinajstić information content (AvgIpc) is 2.73. The quantitative estimate of drug-likeness (QED) is 0.605. The topological polar surface area (TPSA) is 54.7 Å². The predicted molar refractivity (Wildman–Crippen MR) is 65.9 cm³/mol. The molecule has 0 saturated heterocycles. The van der Waals surface area contributed by atoms with Gasteiger partial charge in [0.2, 0.25) is 0 Å². The van der Waals surface area contributed by atoms with Crippen LogP contribution < -0.4 is 5.73 Å². The number of hydrogen-bond acceptors (Lipinski definition) is 2. The average molecular weight is 209 g/mol. The van der Waals surface area contributed by atoms with Gasteiger partial charge in [-0.25, -0.2) is 0 Å². The first-order valence-electron chi connectivity index (χ1n) is 5.13. The zero-order chi connectivity index (χ0) is 11.0. The summed E-state index contributed by atoms with van der Waals surface area (Å²) in [6.07, 6.45) is 0. The van der Waals surface area contributed by atoms with E-state index in [2.05, 4.69) is 10.2 Å². The molecule has 78 valence electrons. The molecule has 1 heterocycles. The Labute approximate surface area is 92.9 Å². The van der Waals surface area contributed by atoms with E-state index < -0.39 is 0 Å². The number of aromatic nitrogens is 2. The Bertz CT molecular complexity index is 626. The molecule has 0 aliphatic rings. The van der Waals surface area contributed by atoms with E-state index in [4.69, 9.17) is 5.73 Å². The monoisotopic (exact) mass is 209 g/mol. The lowest BCUT2D eigenvalue weighted by Gasteiger charge is -1.97. The number of nitrogens with one attached hydrogen (secondary N) is 1. The Hall–Kier alpha value is -2.29. The molecule has 16 heavy (non-hydrogen) atoms. The number of hydrogen-bond donors (Lipinski definition) is 2. The molecule has 1 aromatic heterocycles. The van der Waals surface area contributed by atoms with Crippen LogP contribution in [0.1, 0.15) is 0 Å². The largest absolute Gasteiger partial charge is 0.399 e. The number of fused-ring (bicyclic) bond motifs is 1. The van der Waals surface area contributed by atoms with Gasteiger partial charge in [-0.15, -0.1) is 0 Å². The summed E-state index contributed by atoms with van der Waals surface area (Å²) in [4.78, 5) is 0. The van der Waals surface area contributed by atoms with Crippen molar-refractivity contribution in [3.8, 4) is 11.3 Å². The van der Waals surface area contributed by atoms with Crippen molar-refractivity contribution in [2.45, 2.75) is 0 Å². The highest BCUT2D eigenvalue weighted by molar-refractivity contribution is 5.94. The molecule has 0 spiro atoms. The van der Waals surface area contributed by atoms with E-state index in [1.54, 1.807) is 0 Å². The molecule has 3 heteroatoms. The normalized spacial score (nSPS) is 10.8. The zero-order valence-corrected chi connectivity index (χ0v) is 8.64. The highest BCUT2D eigenvalue weighted by Gasteiger charge is 2.06. The van der Waals surface area contributed by atoms with Gasteiger partial charge in [0.05, 0.1) is 11.2 Å². The van der Waals surface area contributed by atoms with Crippen molar-refractivity contribution >= 4 is 16.6 Å². The molecule has 3 N–H and O–H groups in total. The zero-order valence-electron chi connectivity index (χ0n) is 8.64. The van der Waals surface area contributed by atoms with Crippen LogP contribution in [0.3, 0.4) is 0 Å². The molecule has 0 atom stereocenters. The Morgan fingerprint density at radius 1 is 1.00 bits per heavy atom. The standard InChI is InChI=1S/C13H11N3/c14-10-6-7-11-12(8-10)15-16-13(11)9-4-2-1-3-5-9/h1-8H,14H2,(H,15,16). The molecule has 0 unspecified atom stereocenters. The van der Waals surface area contributed by atoms with E-state index in [0.717, 1.165) is 27.8 Å². The van der Waals surface area contributed by atoms with E-state index in [9.17, 15) is 0 Å². The number of nitrogen functional groups attached to an aromatic ring is 1. The van der Waals surface area contributed by atoms with Crippen LogP contribution >= 0.6 is 0 Å². The summed E-state index contributed by atoms with van der Waals surface area (Å²) in [6.45, 7) is 0. The summed E-state index contributed by atoms with van der Waals surface area (Å²) in [5.74, 6) is 0. The molecule has 3 rings (SSSR count). The van der Waals surface area contributed by atoms with Crippen molar-refractivity contribution in [1.82, 2.24) is 10.2 Å². The number of aromatic amines is 1. The van der Waals surface area contributed by atoms with Crippen LogP contribution in [0.5, 0.6) is 0 Å². The van der Waals surface area contributed by atoms with E-state index >= 15 is 0 Å². The van der Waals surface area contributed by atoms with Crippen molar-refractivity contribution in [1.29, 1.82) is 0 Å². The number of benzene rings is 2. The highest BCUT2D eigenvalue weighted by Crippen LogP contribution is 2.26. The molecule has 3 nitrogen and oxygen atoms in total. The van der Waals surface area contributed by atoms with E-state index in [0.29, 0.717) is 0 Å². The summed E-state index contributed by atoms with van der Waals surface area (Å²) in [5.41, 5.74) is 9.52. The third kappa shape index (κ3) is 1.34. The minimum atomic E-state index is 0.746. The fourth-order valence-corrected chi connectivity index (χ4v) is 1.85. The van der Waals surface area contributed by atoms with Crippen molar-refractivity contribution in [2.24, 2.45) is 0 Å². The van der Waals surface area contributed by atoms with Gasteiger partial charge in [0.15, 0.2) is 0 Å². The molecule has 0 aliphatic heterocycles. The van der Waals surface area contributed by atoms with E-state index in [1.807, 2.05) is 48.5 Å². The molecule has 0 amide bonds. The number of anilines is 1. The summed E-state index contributed by atoms with van der Waals surface area (Å²) in [6, 6.07) is 15.9. The van der Waals surface area contributed by atoms with Crippen molar-refractivity contribution in [3.05, 3.63) is 48.5 Å². The second-order valence-electron chi connectivity index (χ2n) is 3.74. The minimum absolute atomic E-state index is 0.746. The van der Waals surface area contributed by atoms with Crippen LogP contribution in [0.4, 0.5) is 5.69 Å². The first kappa shape index (κ1) is 8.97. The summed E-state index contributed by atoms with van der Waals surface area (Å²) < 4.78 is 0. The summed E-state index contributed by atoms with van der Waals surface area (Å²) in [7, 11) is 0. The SMILES string of the molecule is Nc1ccc2c(-c3ccccc3)n[nH]c2c1. The van der Waals surface area contributed by atoms with Gasteiger partial charge >= 0.3 is 0 Å². The third-order valence-corrected chi connectivity index (χ3v) is 2.63. The molecule has 3 aromatic rings. The molecule has 0 bridgehead atoms. The van der Waals surface area contributed by atoms with Gasteiger partial charge in [0, 0.05) is 16.6 Å². The minimum Gasteiger partial charge on any atom is -0.399 e. The van der Waals surface area contributed by atoms with Crippen LogP contribution in [-0.4, -0.2) is 10.2 Å². The molecular weight excluding hydrogens is 198 g/mol. The molecule has 0 saturated carbocycles. The van der Waals surface area contributed by atoms with Gasteiger partial charge in [0.1, 0.15) is 0 Å². The Balaban J connectivity index is 2.26. The Kier molecular flexibility index (Phi) is 1.90. The Morgan fingerprint density at radius 3 is 2.62 bits per heavy atom. The first-order chi connectivity index (χ1) is 7.84. The van der Waals surface area contributed by atoms with Gasteiger partial charge in [-0.2, -0.15) is 5.10 Å². The van der Waals surface area contributed by atoms with Gasteiger partial charge < -0.3 is 5.73 Å². The maximum Gasteiger partial charge on any atom is 0.0999 e. The smallest absolute Gasteiger partial charge is 0.0999 e. The number of H-pyrrole nitrogens is 1. The summed E-state index contributed by atoms with van der Waals surface area (Å²) in [5, 5.41) is 8.42. The van der Waals surface area contributed by atoms with E-state index in [1.165, 1.54) is 0 Å². The molecular formula is C13H11N3. The number of nitrogens with two attached hydrogens (primary N) is 1. The lowest BCUT2D eigenvalue weighted by atomic mass is 10.1. The van der Waals surface area contributed by atoms with Crippen molar-refractivity contribution in [3.63, 3.8) is 0 Å². The van der Waals surface area contributed by atoms with Crippen LogP contribution in [0.25, 0.3) is 22.2 Å². The maximum absolute atomic E-state index is 5.72. The predicted octanol–water partition coefficient (Wildman–Crippen LogP) is 2.81. The van der Waals surface area contributed by atoms with Gasteiger partial charge in [-0.3, -0.25) is 5.10 Å². The summed E-state index contributed by atoms with van der Waals surface area (Å²) >= 11 is 0. The van der Waals surface area contributed by atoms with Gasteiger partial charge in [-0.05, 0) is 18.2 Å². The second-order valence-corrected chi connectivity index (χ2v) is 3.74. The maximum atomic E-state index is 5.72. The van der Waals surface area contributed by atoms with Crippen molar-refractivity contribution < 1.29 is 0 Å². The number of rotatable bonds is 1. The lowest BCUT2D eigenvalue weighted by molar-refractivity contribution is 1.12. The molecule has 0 aliphatic carbocycles. The fraction of sp³-hybridized carbons (Fsp3) is 0. The molecule has 0 fully saturated rings. The van der Waals surface area contributed by atoms with Crippen LogP contribution in [-0.2, 0) is 0 Å². The third-order valence-electron chi connectivity index (χ3n) is 2.63. The van der Waals surface area contributed by atoms with Crippen LogP contribution in [0.2, 0.25) is 0 Å². The number of nitrogens with zero attached hydrogens (tertiary/aromatic N) is 1. The van der Waals surface area contributed by atoms with Crippen LogP contribution in [0.15, 0.2) is 48.5 Å². The first-order valence-corrected chi connectivity index (χ1v) is 5.13. The molecule has 2 aromatic carbocycles. The van der Waals surface area contributed by atoms with Gasteiger partial charge in [0.25, 0.3) is 0 Å². The van der Waals surface area contributed by atoms with Crippen LogP contribution in [0, 0.1) is 0 Å². The second kappa shape index (κ2) is 3.38. The Morgan fingerprint density at radius 2 is 1.81 bits per heavy atom. The highest BCUT2D eigenvalue weighted by atomic mass is 15.1. The lowest BCUT2D eigenvalue weighted by Crippen LogP contribution is -1.82. The van der Waals surface area contributed by atoms with E-state index in [-0.39, 0.29) is 0 Å².